The molecule has 0 spiro atoms. The van der Waals surface area contributed by atoms with E-state index in [9.17, 15) is 27.6 Å². The van der Waals surface area contributed by atoms with Crippen LogP contribution in [-0.2, 0) is 35.5 Å². The van der Waals surface area contributed by atoms with Gasteiger partial charge in [-0.25, -0.2) is 4.79 Å². The second kappa shape index (κ2) is 16.3. The Balaban J connectivity index is 0.00000223. The van der Waals surface area contributed by atoms with E-state index in [1.165, 1.54) is 4.90 Å². The largest absolute Gasteiger partial charge is 0.490 e. The Labute approximate surface area is 257 Å². The molecule has 1 rings (SSSR count). The molecule has 43 heavy (non-hydrogen) atoms. The van der Waals surface area contributed by atoms with Crippen LogP contribution in [-0.4, -0.2) is 85.0 Å². The summed E-state index contributed by atoms with van der Waals surface area (Å²) in [6.07, 6.45) is 1.90. The lowest BCUT2D eigenvalue weighted by atomic mass is 9.76. The molecule has 0 bridgehead atoms. The molecular formula is C31H49F3N3O5S+. The van der Waals surface area contributed by atoms with E-state index in [0.717, 1.165) is 11.8 Å². The number of carboxylic acids is 1. The van der Waals surface area contributed by atoms with Crippen LogP contribution in [0.25, 0.3) is 0 Å². The number of alkyl halides is 3. The fourth-order valence-corrected chi connectivity index (χ4v) is 5.11. The zero-order valence-electron chi connectivity index (χ0n) is 27.3. The van der Waals surface area contributed by atoms with Gasteiger partial charge in [-0.15, -0.1) is 0 Å². The lowest BCUT2D eigenvalue weighted by molar-refractivity contribution is -0.192. The second-order valence-electron chi connectivity index (χ2n) is 12.6. The van der Waals surface area contributed by atoms with Crippen LogP contribution >= 0.6 is 0 Å². The van der Waals surface area contributed by atoms with E-state index < -0.39 is 35.1 Å². The molecule has 0 fully saturated rings. The summed E-state index contributed by atoms with van der Waals surface area (Å²) in [5, 5.41) is 13.4. The van der Waals surface area contributed by atoms with E-state index in [1.807, 2.05) is 54.5 Å². The maximum Gasteiger partial charge on any atom is 0.490 e. The van der Waals surface area contributed by atoms with Gasteiger partial charge in [-0.2, -0.15) is 13.2 Å². The molecule has 8 nitrogen and oxygen atoms in total. The van der Waals surface area contributed by atoms with Crippen molar-refractivity contribution in [2.45, 2.75) is 90.0 Å². The summed E-state index contributed by atoms with van der Waals surface area (Å²) < 4.78 is 31.7. The molecule has 2 amide bonds. The van der Waals surface area contributed by atoms with Crippen LogP contribution in [0, 0.1) is 11.3 Å². The van der Waals surface area contributed by atoms with Crippen molar-refractivity contribution in [1.82, 2.24) is 15.5 Å². The van der Waals surface area contributed by atoms with Crippen molar-refractivity contribution in [3.8, 4) is 0 Å². The van der Waals surface area contributed by atoms with Gasteiger partial charge in [-0.05, 0) is 48.6 Å². The van der Waals surface area contributed by atoms with E-state index in [2.05, 4.69) is 47.4 Å². The number of halogens is 3. The van der Waals surface area contributed by atoms with Gasteiger partial charge in [0.15, 0.2) is 4.90 Å². The fourth-order valence-electron chi connectivity index (χ4n) is 4.43. The van der Waals surface area contributed by atoms with Gasteiger partial charge in [0.1, 0.15) is 24.8 Å². The minimum atomic E-state index is -5.08. The summed E-state index contributed by atoms with van der Waals surface area (Å²) in [6.45, 7) is 15.7. The predicted octanol–water partition coefficient (Wildman–Crippen LogP) is 4.58. The van der Waals surface area contributed by atoms with E-state index in [4.69, 9.17) is 9.90 Å². The molecule has 0 saturated heterocycles. The Kier molecular flexibility index (Phi) is 15.2. The highest BCUT2D eigenvalue weighted by Gasteiger charge is 2.42. The number of carboxylic acid groups (broad SMARTS) is 1. The van der Waals surface area contributed by atoms with Crippen LogP contribution in [0.2, 0.25) is 0 Å². The number of aliphatic carboxylic acids is 1. The standard InChI is InChI=1S/C29H47N3O3S.C2HF3O2/c1-19(2)23(17-20(3)18-33)32(10)27(35)25(28(4,5)6)31-26(34)24(30-9)29(7,8)21-13-15-22(16-14-21)36(11)12;3-2(4,5)1(6)7/h13-19,23-25,30H,1-12H3;(H,6,7)/p+1/b20-17+;/t23-,24-,25-;/m1./s1. The number of carbonyl (C=O) groups is 4. The lowest BCUT2D eigenvalue weighted by Crippen LogP contribution is -2.61. The summed E-state index contributed by atoms with van der Waals surface area (Å²) in [7, 11) is 3.68. The summed E-state index contributed by atoms with van der Waals surface area (Å²) >= 11 is 0. The number of likely N-dealkylation sites (N-methyl/N-ethyl adjacent to an activating group) is 2. The maximum atomic E-state index is 13.7. The van der Waals surface area contributed by atoms with Crippen molar-refractivity contribution >= 4 is 35.0 Å². The Morgan fingerprint density at radius 1 is 0.977 bits per heavy atom. The van der Waals surface area contributed by atoms with Gasteiger partial charge in [0.2, 0.25) is 11.8 Å². The van der Waals surface area contributed by atoms with E-state index in [0.29, 0.717) is 5.57 Å². The SMILES string of the molecule is CN[C@H](C(=O)N[C@H](C(=O)N(C)[C@H](/C=C(\C)C=O)C(C)C)C(C)(C)C)C(C)(C)c1ccc([S+](C)C)cc1.O=C(O)C(F)(F)F. The van der Waals surface area contributed by atoms with Crippen molar-refractivity contribution in [3.05, 3.63) is 41.5 Å². The number of aldehydes is 1. The van der Waals surface area contributed by atoms with Crippen LogP contribution in [0.15, 0.2) is 40.8 Å². The molecule has 3 atom stereocenters. The molecular weight excluding hydrogens is 583 g/mol. The second-order valence-corrected chi connectivity index (χ2v) is 14.7. The highest BCUT2D eigenvalue weighted by molar-refractivity contribution is 7.95. The molecule has 0 saturated carbocycles. The molecule has 0 radical (unpaired) electrons. The van der Waals surface area contributed by atoms with Crippen LogP contribution in [0.3, 0.4) is 0 Å². The van der Waals surface area contributed by atoms with Crippen LogP contribution in [0.5, 0.6) is 0 Å². The van der Waals surface area contributed by atoms with Gasteiger partial charge in [-0.3, -0.25) is 14.4 Å². The van der Waals surface area contributed by atoms with Gasteiger partial charge in [0.05, 0.1) is 12.1 Å². The first kappa shape index (κ1) is 40.1. The van der Waals surface area contributed by atoms with Crippen molar-refractivity contribution < 1.29 is 37.5 Å². The first-order valence-corrected chi connectivity index (χ1v) is 15.8. The quantitative estimate of drug-likeness (QED) is 0.187. The highest BCUT2D eigenvalue weighted by Crippen LogP contribution is 2.30. The zero-order chi connectivity index (χ0) is 34.1. The maximum absolute atomic E-state index is 13.7. The van der Waals surface area contributed by atoms with Gasteiger partial charge in [0.25, 0.3) is 0 Å². The zero-order valence-corrected chi connectivity index (χ0v) is 28.2. The van der Waals surface area contributed by atoms with Crippen molar-refractivity contribution in [2.75, 3.05) is 26.6 Å². The minimum absolute atomic E-state index is 0.101. The number of allylic oxidation sites excluding steroid dienone is 1. The predicted molar refractivity (Wildman–Crippen MR) is 166 cm³/mol. The van der Waals surface area contributed by atoms with Gasteiger partial charge >= 0.3 is 12.1 Å². The molecule has 0 heterocycles. The van der Waals surface area contributed by atoms with Crippen molar-refractivity contribution in [1.29, 1.82) is 0 Å². The van der Waals surface area contributed by atoms with E-state index in [1.54, 1.807) is 25.9 Å². The normalized spacial score (nSPS) is 14.8. The fraction of sp³-hybridized carbons (Fsp3) is 0.613. The highest BCUT2D eigenvalue weighted by atomic mass is 32.2. The van der Waals surface area contributed by atoms with Crippen molar-refractivity contribution in [2.24, 2.45) is 11.3 Å². The molecule has 1 aromatic carbocycles. The molecule has 244 valence electrons. The third kappa shape index (κ3) is 12.0. The molecule has 0 aromatic heterocycles. The minimum Gasteiger partial charge on any atom is -0.475 e. The molecule has 0 aliphatic heterocycles. The molecule has 3 N–H and O–H groups in total. The van der Waals surface area contributed by atoms with E-state index in [-0.39, 0.29) is 34.7 Å². The Morgan fingerprint density at radius 3 is 1.77 bits per heavy atom. The Bertz CT molecular complexity index is 1130. The number of hydrogen-bond donors (Lipinski definition) is 3. The number of hydrogen-bond acceptors (Lipinski definition) is 5. The number of carbonyl (C=O) groups excluding carboxylic acids is 3. The smallest absolute Gasteiger partial charge is 0.475 e. The lowest BCUT2D eigenvalue weighted by Gasteiger charge is -2.40. The number of nitrogens with one attached hydrogen (secondary N) is 2. The first-order chi connectivity index (χ1) is 19.4. The number of rotatable bonds is 11. The van der Waals surface area contributed by atoms with Crippen LogP contribution in [0.4, 0.5) is 13.2 Å². The third-order valence-corrected chi connectivity index (χ3v) is 8.30. The number of amides is 2. The summed E-state index contributed by atoms with van der Waals surface area (Å²) in [6, 6.07) is 6.89. The average molecular weight is 633 g/mol. The molecule has 1 aromatic rings. The third-order valence-electron chi connectivity index (χ3n) is 7.08. The number of nitrogens with zero attached hydrogens (tertiary/aromatic N) is 1. The van der Waals surface area contributed by atoms with E-state index >= 15 is 0 Å². The Hall–Kier alpha value is -2.86. The molecule has 0 aliphatic rings. The van der Waals surface area contributed by atoms with Crippen molar-refractivity contribution in [3.63, 3.8) is 0 Å². The molecule has 0 aliphatic carbocycles. The van der Waals surface area contributed by atoms with Gasteiger partial charge < -0.3 is 20.6 Å². The summed E-state index contributed by atoms with van der Waals surface area (Å²) in [5.74, 6) is -3.06. The average Bonchev–Trinajstić information content (AvgIpc) is 2.88. The van der Waals surface area contributed by atoms with Crippen LogP contribution < -0.4 is 10.6 Å². The summed E-state index contributed by atoms with van der Waals surface area (Å²) in [5.41, 5.74) is 0.592. The van der Waals surface area contributed by atoms with Crippen LogP contribution in [0.1, 0.15) is 61.0 Å². The Morgan fingerprint density at radius 2 is 1.44 bits per heavy atom. The topological polar surface area (TPSA) is 116 Å². The number of benzene rings is 1. The first-order valence-electron chi connectivity index (χ1n) is 13.8. The molecule has 0 unspecified atom stereocenters. The molecule has 12 heteroatoms. The van der Waals surface area contributed by atoms with Gasteiger partial charge in [-0.1, -0.05) is 66.7 Å². The van der Waals surface area contributed by atoms with Gasteiger partial charge in [0, 0.05) is 23.4 Å². The monoisotopic (exact) mass is 632 g/mol. The summed E-state index contributed by atoms with van der Waals surface area (Å²) in [4.78, 5) is 50.5.